The van der Waals surface area contributed by atoms with Gasteiger partial charge in [0.1, 0.15) is 12.1 Å². The van der Waals surface area contributed by atoms with Gasteiger partial charge < -0.3 is 26.6 Å². The number of benzene rings is 1. The molecule has 0 saturated carbocycles. The molecular formula is C23H42BrNO. The van der Waals surface area contributed by atoms with E-state index in [1.54, 1.807) is 0 Å². The van der Waals surface area contributed by atoms with Gasteiger partial charge in [0.05, 0.1) is 20.6 Å². The van der Waals surface area contributed by atoms with Crippen LogP contribution in [0.25, 0.3) is 0 Å². The standard InChI is InChI=1S/C23H42NO.BrH/c1-5-6-7-8-9-10-11-12-13-17-20-24(3,4)21(2)23(25)22-18-15-14-16-19-22;/h14-16,18-19,21,23,25H,5-13,17,20H2,1-4H3;1H/q+1;/p-1/t21-,23+;/m0./s1. The van der Waals surface area contributed by atoms with E-state index in [0.717, 1.165) is 16.6 Å². The molecule has 0 aliphatic heterocycles. The highest BCUT2D eigenvalue weighted by molar-refractivity contribution is 5.18. The third kappa shape index (κ3) is 10.1. The molecule has 2 atom stereocenters. The molecule has 0 radical (unpaired) electrons. The minimum Gasteiger partial charge on any atom is -1.00 e. The van der Waals surface area contributed by atoms with Crippen molar-refractivity contribution in [1.82, 2.24) is 0 Å². The van der Waals surface area contributed by atoms with Crippen LogP contribution in [0.4, 0.5) is 0 Å². The van der Waals surface area contributed by atoms with E-state index >= 15 is 0 Å². The Balaban J connectivity index is 0.00000625. The monoisotopic (exact) mass is 427 g/mol. The smallest absolute Gasteiger partial charge is 0.130 e. The van der Waals surface area contributed by atoms with Crippen molar-refractivity contribution in [3.05, 3.63) is 35.9 Å². The number of halogens is 1. The predicted octanol–water partition coefficient (Wildman–Crippen LogP) is 3.11. The molecule has 0 bridgehead atoms. The van der Waals surface area contributed by atoms with Gasteiger partial charge in [0.25, 0.3) is 0 Å². The largest absolute Gasteiger partial charge is 1.00 e. The lowest BCUT2D eigenvalue weighted by atomic mass is 10.0. The Hall–Kier alpha value is -0.380. The molecule has 1 rings (SSSR count). The zero-order valence-electron chi connectivity index (χ0n) is 17.6. The Morgan fingerprint density at radius 2 is 1.27 bits per heavy atom. The molecule has 0 aromatic heterocycles. The van der Waals surface area contributed by atoms with Gasteiger partial charge in [-0.25, -0.2) is 0 Å². The molecule has 0 spiro atoms. The third-order valence-electron chi connectivity index (χ3n) is 5.79. The number of hydrogen-bond donors (Lipinski definition) is 1. The van der Waals surface area contributed by atoms with Crippen molar-refractivity contribution < 1.29 is 26.6 Å². The van der Waals surface area contributed by atoms with Crippen LogP contribution in [0.3, 0.4) is 0 Å². The van der Waals surface area contributed by atoms with Crippen LogP contribution >= 0.6 is 0 Å². The summed E-state index contributed by atoms with van der Waals surface area (Å²) in [7, 11) is 4.51. The minimum atomic E-state index is -0.390. The number of aliphatic hydroxyl groups excluding tert-OH is 1. The summed E-state index contributed by atoms with van der Waals surface area (Å²) in [4.78, 5) is 0. The number of likely N-dealkylation sites (N-methyl/N-ethyl adjacent to an activating group) is 1. The second-order valence-corrected chi connectivity index (χ2v) is 8.28. The predicted molar refractivity (Wildman–Crippen MR) is 110 cm³/mol. The van der Waals surface area contributed by atoms with E-state index in [-0.39, 0.29) is 29.1 Å². The average Bonchev–Trinajstić information content (AvgIpc) is 2.62. The van der Waals surface area contributed by atoms with E-state index in [1.165, 1.54) is 64.2 Å². The van der Waals surface area contributed by atoms with E-state index in [9.17, 15) is 5.11 Å². The fourth-order valence-electron chi connectivity index (χ4n) is 3.52. The van der Waals surface area contributed by atoms with Gasteiger partial charge in [0.2, 0.25) is 0 Å². The van der Waals surface area contributed by atoms with Gasteiger partial charge in [-0.15, -0.1) is 0 Å². The first kappa shape index (κ1) is 25.6. The van der Waals surface area contributed by atoms with Crippen LogP contribution < -0.4 is 17.0 Å². The summed E-state index contributed by atoms with van der Waals surface area (Å²) in [6.45, 7) is 5.59. The van der Waals surface area contributed by atoms with Gasteiger partial charge >= 0.3 is 0 Å². The Morgan fingerprint density at radius 1 is 0.808 bits per heavy atom. The molecule has 1 aromatic carbocycles. The van der Waals surface area contributed by atoms with Crippen molar-refractivity contribution in [1.29, 1.82) is 0 Å². The van der Waals surface area contributed by atoms with Crippen molar-refractivity contribution in [3.8, 4) is 0 Å². The van der Waals surface area contributed by atoms with E-state index in [1.807, 2.05) is 30.3 Å². The maximum Gasteiger partial charge on any atom is 0.130 e. The van der Waals surface area contributed by atoms with Crippen LogP contribution in [0.2, 0.25) is 0 Å². The Labute approximate surface area is 173 Å². The van der Waals surface area contributed by atoms with Crippen LogP contribution in [-0.4, -0.2) is 36.3 Å². The Morgan fingerprint density at radius 3 is 1.77 bits per heavy atom. The molecule has 26 heavy (non-hydrogen) atoms. The van der Waals surface area contributed by atoms with E-state index in [2.05, 4.69) is 27.9 Å². The Bertz CT molecular complexity index is 435. The number of nitrogens with zero attached hydrogens (tertiary/aromatic N) is 1. The fraction of sp³-hybridized carbons (Fsp3) is 0.739. The van der Waals surface area contributed by atoms with Crippen molar-refractivity contribution in [3.63, 3.8) is 0 Å². The van der Waals surface area contributed by atoms with Gasteiger partial charge in [-0.3, -0.25) is 0 Å². The van der Waals surface area contributed by atoms with Crippen LogP contribution in [-0.2, 0) is 0 Å². The van der Waals surface area contributed by atoms with E-state index < -0.39 is 0 Å². The molecular weight excluding hydrogens is 386 g/mol. The lowest BCUT2D eigenvalue weighted by molar-refractivity contribution is -0.917. The normalized spacial score (nSPS) is 13.9. The maximum absolute atomic E-state index is 10.7. The van der Waals surface area contributed by atoms with Crippen LogP contribution in [0.1, 0.15) is 89.7 Å². The van der Waals surface area contributed by atoms with Crippen LogP contribution in [0, 0.1) is 0 Å². The summed E-state index contributed by atoms with van der Waals surface area (Å²) in [5.41, 5.74) is 1.03. The second-order valence-electron chi connectivity index (χ2n) is 8.28. The average molecular weight is 428 g/mol. The fourth-order valence-corrected chi connectivity index (χ4v) is 3.52. The molecule has 1 aromatic rings. The van der Waals surface area contributed by atoms with Crippen LogP contribution in [0.5, 0.6) is 0 Å². The van der Waals surface area contributed by atoms with Crippen molar-refractivity contribution >= 4 is 0 Å². The number of unbranched alkanes of at least 4 members (excludes halogenated alkanes) is 9. The van der Waals surface area contributed by atoms with Crippen molar-refractivity contribution in [2.45, 2.75) is 90.2 Å². The molecule has 0 aliphatic rings. The second kappa shape index (κ2) is 14.6. The van der Waals surface area contributed by atoms with Gasteiger partial charge in [0.15, 0.2) is 0 Å². The molecule has 1 N–H and O–H groups in total. The topological polar surface area (TPSA) is 20.2 Å². The minimum absolute atomic E-state index is 0. The Kier molecular flexibility index (Phi) is 14.4. The molecule has 2 nitrogen and oxygen atoms in total. The van der Waals surface area contributed by atoms with Gasteiger partial charge in [-0.2, -0.15) is 0 Å². The quantitative estimate of drug-likeness (QED) is 0.357. The first-order valence-electron chi connectivity index (χ1n) is 10.5. The number of hydrogen-bond acceptors (Lipinski definition) is 1. The molecule has 0 unspecified atom stereocenters. The summed E-state index contributed by atoms with van der Waals surface area (Å²) >= 11 is 0. The molecule has 3 heteroatoms. The maximum atomic E-state index is 10.7. The van der Waals surface area contributed by atoms with E-state index in [0.29, 0.717) is 0 Å². The highest BCUT2D eigenvalue weighted by Crippen LogP contribution is 2.24. The zero-order chi connectivity index (χ0) is 18.5. The lowest BCUT2D eigenvalue weighted by Crippen LogP contribution is -3.00. The molecule has 0 aliphatic carbocycles. The summed E-state index contributed by atoms with van der Waals surface area (Å²) in [6, 6.07) is 10.3. The molecule has 0 saturated heterocycles. The highest BCUT2D eigenvalue weighted by atomic mass is 79.9. The third-order valence-corrected chi connectivity index (χ3v) is 5.79. The summed E-state index contributed by atoms with van der Waals surface area (Å²) in [5, 5.41) is 10.7. The summed E-state index contributed by atoms with van der Waals surface area (Å²) in [6.07, 6.45) is 13.4. The lowest BCUT2D eigenvalue weighted by Gasteiger charge is -2.38. The van der Waals surface area contributed by atoms with Gasteiger partial charge in [-0.05, 0) is 25.3 Å². The molecule has 152 valence electrons. The number of quaternary nitrogens is 1. The van der Waals surface area contributed by atoms with Crippen molar-refractivity contribution in [2.24, 2.45) is 0 Å². The SMILES string of the molecule is CCCCCCCCCCCC[N+](C)(C)[C@@H](C)[C@@H](O)c1ccccc1.[Br-]. The van der Waals surface area contributed by atoms with E-state index in [4.69, 9.17) is 0 Å². The van der Waals surface area contributed by atoms with Gasteiger partial charge in [-0.1, -0.05) is 88.6 Å². The zero-order valence-corrected chi connectivity index (χ0v) is 19.2. The highest BCUT2D eigenvalue weighted by Gasteiger charge is 2.30. The summed E-state index contributed by atoms with van der Waals surface area (Å²) < 4.78 is 0.882. The number of rotatable bonds is 14. The first-order chi connectivity index (χ1) is 12.0. The summed E-state index contributed by atoms with van der Waals surface area (Å²) in [5.74, 6) is 0. The molecule has 0 heterocycles. The van der Waals surface area contributed by atoms with Crippen LogP contribution in [0.15, 0.2) is 30.3 Å². The van der Waals surface area contributed by atoms with Gasteiger partial charge in [0, 0.05) is 0 Å². The molecule has 0 amide bonds. The first-order valence-corrected chi connectivity index (χ1v) is 10.5. The molecule has 0 fully saturated rings. The van der Waals surface area contributed by atoms with Crippen molar-refractivity contribution in [2.75, 3.05) is 20.6 Å². The number of aliphatic hydroxyl groups is 1.